The van der Waals surface area contributed by atoms with Crippen molar-refractivity contribution in [3.63, 3.8) is 0 Å². The molecule has 1 N–H and O–H groups in total. The third-order valence-electron chi connectivity index (χ3n) is 1.65. The number of carbonyl (C=O) groups is 1. The summed E-state index contributed by atoms with van der Waals surface area (Å²) in [7, 11) is 0. The molecule has 0 aromatic heterocycles. The van der Waals surface area contributed by atoms with Crippen LogP contribution < -0.4 is 5.32 Å². The minimum Gasteiger partial charge on any atom is -0.346 e. The van der Waals surface area contributed by atoms with Crippen LogP contribution in [0.2, 0.25) is 0 Å². The number of nitro groups is 1. The summed E-state index contributed by atoms with van der Waals surface area (Å²) in [5.74, 6) is -1.10. The fourth-order valence-corrected chi connectivity index (χ4v) is 1.02. The summed E-state index contributed by atoms with van der Waals surface area (Å²) >= 11 is 0. The van der Waals surface area contributed by atoms with E-state index in [1.165, 1.54) is 18.2 Å². The second-order valence-corrected chi connectivity index (χ2v) is 2.90. The molecule has 80 valence electrons. The molecule has 0 spiro atoms. The minimum atomic E-state index is -0.769. The molecule has 15 heavy (non-hydrogen) atoms. The molecule has 0 heterocycles. The summed E-state index contributed by atoms with van der Waals surface area (Å²) in [5.41, 5.74) is 0.562. The van der Waals surface area contributed by atoms with Gasteiger partial charge in [0, 0.05) is 11.5 Å². The molecule has 0 radical (unpaired) electrons. The number of hydrogen-bond acceptors (Lipinski definition) is 3. The lowest BCUT2D eigenvalue weighted by Gasteiger charge is -2.02. The molecule has 1 rings (SSSR count). The lowest BCUT2D eigenvalue weighted by molar-refractivity contribution is -0.467. The van der Waals surface area contributed by atoms with Crippen molar-refractivity contribution in [3.05, 3.63) is 45.8 Å². The van der Waals surface area contributed by atoms with Gasteiger partial charge in [0.15, 0.2) is 0 Å². The molecule has 0 aliphatic rings. The van der Waals surface area contributed by atoms with Crippen LogP contribution in [0.4, 0.5) is 4.39 Å². The van der Waals surface area contributed by atoms with E-state index in [1.807, 2.05) is 0 Å². The molecule has 0 aliphatic carbocycles. The smallest absolute Gasteiger partial charge is 0.292 e. The average Bonchev–Trinajstić information content (AvgIpc) is 2.14. The van der Waals surface area contributed by atoms with Crippen molar-refractivity contribution in [1.82, 2.24) is 5.32 Å². The maximum absolute atomic E-state index is 12.7. The van der Waals surface area contributed by atoms with E-state index in [0.717, 1.165) is 0 Å². The highest BCUT2D eigenvalue weighted by atomic mass is 19.1. The lowest BCUT2D eigenvalue weighted by atomic mass is 10.2. The largest absolute Gasteiger partial charge is 0.346 e. The van der Waals surface area contributed by atoms with E-state index in [9.17, 15) is 19.3 Å². The Morgan fingerprint density at radius 3 is 2.87 bits per heavy atom. The van der Waals surface area contributed by atoms with Crippen LogP contribution in [0.25, 0.3) is 0 Å². The predicted octanol–water partition coefficient (Wildman–Crippen LogP) is 0.719. The highest BCUT2D eigenvalue weighted by Gasteiger charge is 2.08. The molecule has 0 saturated heterocycles. The normalized spacial score (nSPS) is 9.67. The number of nitrogens with one attached hydrogen (secondary N) is 1. The molecule has 0 atom stereocenters. The molecule has 0 unspecified atom stereocenters. The van der Waals surface area contributed by atoms with E-state index in [1.54, 1.807) is 6.07 Å². The molecule has 5 nitrogen and oxygen atoms in total. The van der Waals surface area contributed by atoms with Gasteiger partial charge in [0.1, 0.15) is 5.82 Å². The van der Waals surface area contributed by atoms with E-state index in [4.69, 9.17) is 0 Å². The Labute approximate surface area is 85.1 Å². The Morgan fingerprint density at radius 2 is 2.27 bits per heavy atom. The van der Waals surface area contributed by atoms with Gasteiger partial charge in [0.05, 0.1) is 0 Å². The van der Waals surface area contributed by atoms with Gasteiger partial charge in [-0.1, -0.05) is 12.1 Å². The van der Waals surface area contributed by atoms with Gasteiger partial charge < -0.3 is 5.32 Å². The minimum absolute atomic E-state index is 0.0877. The first-order chi connectivity index (χ1) is 7.08. The molecule has 0 saturated carbocycles. The number of halogens is 1. The van der Waals surface area contributed by atoms with Gasteiger partial charge in [-0.15, -0.1) is 0 Å². The third-order valence-corrected chi connectivity index (χ3v) is 1.65. The highest BCUT2D eigenvalue weighted by Crippen LogP contribution is 2.02. The Morgan fingerprint density at radius 1 is 1.53 bits per heavy atom. The van der Waals surface area contributed by atoms with Gasteiger partial charge in [0.25, 0.3) is 12.5 Å². The van der Waals surface area contributed by atoms with Crippen LogP contribution in [0.3, 0.4) is 0 Å². The topological polar surface area (TPSA) is 72.2 Å². The van der Waals surface area contributed by atoms with Crippen LogP contribution >= 0.6 is 0 Å². The number of benzene rings is 1. The number of rotatable bonds is 4. The van der Waals surface area contributed by atoms with Crippen LogP contribution in [0.1, 0.15) is 5.56 Å². The van der Waals surface area contributed by atoms with E-state index >= 15 is 0 Å². The summed E-state index contributed by atoms with van der Waals surface area (Å²) in [6, 6.07) is 5.66. The first kappa shape index (κ1) is 11.1. The quantitative estimate of drug-likeness (QED) is 0.590. The molecular formula is C9H9FN2O3. The first-order valence-electron chi connectivity index (χ1n) is 4.21. The third kappa shape index (κ3) is 4.17. The van der Waals surface area contributed by atoms with Crippen molar-refractivity contribution in [2.75, 3.05) is 6.54 Å². The zero-order valence-electron chi connectivity index (χ0n) is 7.77. The molecule has 0 bridgehead atoms. The zero-order valence-corrected chi connectivity index (χ0v) is 7.77. The Balaban J connectivity index is 2.43. The maximum Gasteiger partial charge on any atom is 0.292 e. The Hall–Kier alpha value is -1.98. The van der Waals surface area contributed by atoms with Crippen LogP contribution in [0.15, 0.2) is 24.3 Å². The van der Waals surface area contributed by atoms with E-state index in [0.29, 0.717) is 5.56 Å². The number of carbonyl (C=O) groups excluding carboxylic acids is 1. The summed E-state index contributed by atoms with van der Waals surface area (Å²) < 4.78 is 12.7. The van der Waals surface area contributed by atoms with Crippen molar-refractivity contribution in [2.24, 2.45) is 0 Å². The molecule has 0 fully saturated rings. The molecule has 1 aromatic carbocycles. The summed E-state index contributed by atoms with van der Waals surface area (Å²) in [5, 5.41) is 12.3. The van der Waals surface area contributed by atoms with Crippen LogP contribution in [0, 0.1) is 15.9 Å². The van der Waals surface area contributed by atoms with Crippen LogP contribution in [0.5, 0.6) is 0 Å². The number of hydrogen-bond donors (Lipinski definition) is 1. The standard InChI is InChI=1S/C9H9FN2O3/c10-8-3-1-2-7(4-8)5-11-9(13)6-12(14)15/h1-4H,5-6H2,(H,11,13). The van der Waals surface area contributed by atoms with Crippen molar-refractivity contribution >= 4 is 5.91 Å². The lowest BCUT2D eigenvalue weighted by Crippen LogP contribution is -2.29. The second-order valence-electron chi connectivity index (χ2n) is 2.90. The highest BCUT2D eigenvalue weighted by molar-refractivity contribution is 5.76. The monoisotopic (exact) mass is 212 g/mol. The molecular weight excluding hydrogens is 203 g/mol. The Bertz CT molecular complexity index is 381. The summed E-state index contributed by atoms with van der Waals surface area (Å²) in [6.45, 7) is -0.681. The number of nitrogens with zero attached hydrogens (tertiary/aromatic N) is 1. The average molecular weight is 212 g/mol. The van der Waals surface area contributed by atoms with Crippen molar-refractivity contribution in [3.8, 4) is 0 Å². The Kier molecular flexibility index (Phi) is 3.73. The van der Waals surface area contributed by atoms with Crippen molar-refractivity contribution < 1.29 is 14.1 Å². The van der Waals surface area contributed by atoms with Crippen molar-refractivity contribution in [1.29, 1.82) is 0 Å². The molecule has 6 heteroatoms. The van der Waals surface area contributed by atoms with Gasteiger partial charge in [-0.2, -0.15) is 0 Å². The first-order valence-corrected chi connectivity index (χ1v) is 4.21. The molecule has 0 aliphatic heterocycles. The summed E-state index contributed by atoms with van der Waals surface area (Å²) in [4.78, 5) is 20.1. The van der Waals surface area contributed by atoms with E-state index in [2.05, 4.69) is 5.32 Å². The SMILES string of the molecule is O=C(C[N+](=O)[O-])NCc1cccc(F)c1. The zero-order chi connectivity index (χ0) is 11.3. The fraction of sp³-hybridized carbons (Fsp3) is 0.222. The molecule has 1 amide bonds. The van der Waals surface area contributed by atoms with Gasteiger partial charge >= 0.3 is 0 Å². The van der Waals surface area contributed by atoms with Gasteiger partial charge in [0.2, 0.25) is 0 Å². The van der Waals surface area contributed by atoms with Gasteiger partial charge in [-0.25, -0.2) is 4.39 Å². The van der Waals surface area contributed by atoms with E-state index < -0.39 is 23.2 Å². The summed E-state index contributed by atoms with van der Waals surface area (Å²) in [6.07, 6.45) is 0. The second kappa shape index (κ2) is 5.04. The number of amides is 1. The van der Waals surface area contributed by atoms with Gasteiger partial charge in [-0.05, 0) is 17.7 Å². The molecule has 1 aromatic rings. The van der Waals surface area contributed by atoms with Crippen molar-refractivity contribution in [2.45, 2.75) is 6.54 Å². The van der Waals surface area contributed by atoms with E-state index in [-0.39, 0.29) is 6.54 Å². The fourth-order valence-electron chi connectivity index (χ4n) is 1.02. The van der Waals surface area contributed by atoms with Crippen LogP contribution in [-0.4, -0.2) is 17.4 Å². The maximum atomic E-state index is 12.7. The van der Waals surface area contributed by atoms with Crippen LogP contribution in [-0.2, 0) is 11.3 Å². The van der Waals surface area contributed by atoms with Gasteiger partial charge in [-0.3, -0.25) is 14.9 Å². The predicted molar refractivity (Wildman–Crippen MR) is 50.1 cm³/mol.